The SMILES string of the molecule is O=C1C(=O)N(CCCN2CCOCC2)[C@H](c2ccc(Cl)c(Cl)c2)/C1=C(\O)c1ccc2c(c1)OCCO2. The van der Waals surface area contributed by atoms with E-state index in [0.717, 1.165) is 19.6 Å². The van der Waals surface area contributed by atoms with Gasteiger partial charge in [-0.05, 0) is 42.3 Å². The van der Waals surface area contributed by atoms with Crippen LogP contribution in [0, 0.1) is 0 Å². The molecule has 10 heteroatoms. The van der Waals surface area contributed by atoms with Crippen LogP contribution in [0.1, 0.15) is 23.6 Å². The van der Waals surface area contributed by atoms with Crippen LogP contribution < -0.4 is 9.47 Å². The lowest BCUT2D eigenvalue weighted by atomic mass is 9.95. The summed E-state index contributed by atoms with van der Waals surface area (Å²) in [5.74, 6) is -0.660. The minimum absolute atomic E-state index is 0.00133. The van der Waals surface area contributed by atoms with E-state index in [2.05, 4.69) is 4.90 Å². The number of Topliss-reactive ketones (excluding diaryl/α,β-unsaturated/α-hetero) is 1. The van der Waals surface area contributed by atoms with Crippen LogP contribution in [0.25, 0.3) is 5.76 Å². The molecule has 1 atom stereocenters. The van der Waals surface area contributed by atoms with Crippen LogP contribution in [0.15, 0.2) is 42.0 Å². The van der Waals surface area contributed by atoms with E-state index in [-0.39, 0.29) is 11.3 Å². The Morgan fingerprint density at radius 3 is 2.42 bits per heavy atom. The van der Waals surface area contributed by atoms with Gasteiger partial charge in [0.25, 0.3) is 11.7 Å². The predicted octanol–water partition coefficient (Wildman–Crippen LogP) is 3.91. The Bertz CT molecular complexity index is 1210. The number of aliphatic hydroxyl groups excluding tert-OH is 1. The number of aliphatic hydroxyl groups is 1. The Morgan fingerprint density at radius 2 is 1.67 bits per heavy atom. The number of likely N-dealkylation sites (tertiary alicyclic amines) is 1. The van der Waals surface area contributed by atoms with Crippen LogP contribution in [0.4, 0.5) is 0 Å². The Morgan fingerprint density at radius 1 is 0.917 bits per heavy atom. The average Bonchev–Trinajstić information content (AvgIpc) is 3.15. The number of ketones is 1. The zero-order valence-electron chi connectivity index (χ0n) is 19.5. The number of fused-ring (bicyclic) bond motifs is 1. The normalized spacial score (nSPS) is 21.7. The van der Waals surface area contributed by atoms with E-state index in [4.69, 9.17) is 37.4 Å². The summed E-state index contributed by atoms with van der Waals surface area (Å²) in [5.41, 5.74) is 0.950. The Labute approximate surface area is 218 Å². The zero-order valence-corrected chi connectivity index (χ0v) is 21.1. The lowest BCUT2D eigenvalue weighted by molar-refractivity contribution is -0.140. The second-order valence-corrected chi connectivity index (χ2v) is 9.65. The monoisotopic (exact) mass is 532 g/mol. The molecule has 8 nitrogen and oxygen atoms in total. The maximum atomic E-state index is 13.3. The van der Waals surface area contributed by atoms with E-state index in [1.54, 1.807) is 36.4 Å². The fourth-order valence-corrected chi connectivity index (χ4v) is 5.08. The number of carbonyl (C=O) groups excluding carboxylic acids is 2. The molecule has 0 aliphatic carbocycles. The van der Waals surface area contributed by atoms with E-state index in [1.165, 1.54) is 4.90 Å². The highest BCUT2D eigenvalue weighted by Crippen LogP contribution is 2.42. The summed E-state index contributed by atoms with van der Waals surface area (Å²) in [5, 5.41) is 12.0. The maximum Gasteiger partial charge on any atom is 0.295 e. The first-order valence-corrected chi connectivity index (χ1v) is 12.6. The number of halogens is 2. The molecule has 0 saturated carbocycles. The molecule has 1 N–H and O–H groups in total. The maximum absolute atomic E-state index is 13.3. The van der Waals surface area contributed by atoms with Gasteiger partial charge < -0.3 is 24.2 Å². The molecule has 190 valence electrons. The number of nitrogens with zero attached hydrogens (tertiary/aromatic N) is 2. The number of benzene rings is 2. The van der Waals surface area contributed by atoms with Gasteiger partial charge in [0, 0.05) is 31.7 Å². The number of hydrogen-bond donors (Lipinski definition) is 1. The minimum atomic E-state index is -0.808. The Hall–Kier alpha value is -2.78. The molecule has 0 aromatic heterocycles. The summed E-state index contributed by atoms with van der Waals surface area (Å²) in [4.78, 5) is 30.2. The average molecular weight is 533 g/mol. The lowest BCUT2D eigenvalue weighted by Crippen LogP contribution is -2.38. The number of rotatable bonds is 6. The molecule has 0 unspecified atom stereocenters. The van der Waals surface area contributed by atoms with Gasteiger partial charge in [0.1, 0.15) is 19.0 Å². The van der Waals surface area contributed by atoms with E-state index >= 15 is 0 Å². The summed E-state index contributed by atoms with van der Waals surface area (Å²) in [6, 6.07) is 9.09. The van der Waals surface area contributed by atoms with Gasteiger partial charge in [-0.2, -0.15) is 0 Å². The number of carbonyl (C=O) groups is 2. The number of ether oxygens (including phenoxy) is 3. The van der Waals surface area contributed by atoms with Crippen LogP contribution in [-0.4, -0.2) is 79.2 Å². The highest BCUT2D eigenvalue weighted by molar-refractivity contribution is 6.46. The van der Waals surface area contributed by atoms with Gasteiger partial charge in [0.15, 0.2) is 11.5 Å². The van der Waals surface area contributed by atoms with Crippen molar-refractivity contribution in [3.8, 4) is 11.5 Å². The first kappa shape index (κ1) is 24.9. The fourth-order valence-electron chi connectivity index (χ4n) is 4.78. The second kappa shape index (κ2) is 10.7. The van der Waals surface area contributed by atoms with Crippen molar-refractivity contribution >= 4 is 40.7 Å². The second-order valence-electron chi connectivity index (χ2n) is 8.83. The third-order valence-electron chi connectivity index (χ3n) is 6.59. The van der Waals surface area contributed by atoms with Gasteiger partial charge in [-0.15, -0.1) is 0 Å². The summed E-state index contributed by atoms with van der Waals surface area (Å²) < 4.78 is 16.6. The molecule has 0 bridgehead atoms. The van der Waals surface area contributed by atoms with Gasteiger partial charge in [-0.1, -0.05) is 29.3 Å². The first-order valence-electron chi connectivity index (χ1n) is 11.9. The van der Waals surface area contributed by atoms with Crippen molar-refractivity contribution in [2.45, 2.75) is 12.5 Å². The minimum Gasteiger partial charge on any atom is -0.507 e. The largest absolute Gasteiger partial charge is 0.507 e. The van der Waals surface area contributed by atoms with E-state index in [1.807, 2.05) is 0 Å². The standard InChI is InChI=1S/C26H26Cl2N2O6/c27-18-4-2-16(14-19(18)28)23-22(24(31)17-3-5-20-21(15-17)36-13-12-35-20)25(32)26(33)30(23)7-1-6-29-8-10-34-11-9-29/h2-5,14-15,23,31H,1,6-13H2/b24-22+/t23-/m1/s1. The molecule has 0 spiro atoms. The molecule has 2 aromatic carbocycles. The molecule has 2 saturated heterocycles. The van der Waals surface area contributed by atoms with Crippen LogP contribution in [0.5, 0.6) is 11.5 Å². The quantitative estimate of drug-likeness (QED) is 0.342. The molecule has 2 fully saturated rings. The van der Waals surface area contributed by atoms with Crippen LogP contribution in [0.3, 0.4) is 0 Å². The third kappa shape index (κ3) is 4.91. The van der Waals surface area contributed by atoms with Crippen molar-refractivity contribution in [3.63, 3.8) is 0 Å². The van der Waals surface area contributed by atoms with Crippen LogP contribution in [-0.2, 0) is 14.3 Å². The van der Waals surface area contributed by atoms with Crippen molar-refractivity contribution < 1.29 is 28.9 Å². The summed E-state index contributed by atoms with van der Waals surface area (Å²) in [7, 11) is 0. The fraction of sp³-hybridized carbons (Fsp3) is 0.385. The molecule has 2 aromatic rings. The van der Waals surface area contributed by atoms with Gasteiger partial charge in [-0.25, -0.2) is 0 Å². The molecule has 5 rings (SSSR count). The number of morpholine rings is 1. The predicted molar refractivity (Wildman–Crippen MR) is 135 cm³/mol. The highest BCUT2D eigenvalue weighted by Gasteiger charge is 2.46. The van der Waals surface area contributed by atoms with E-state index in [9.17, 15) is 14.7 Å². The smallest absolute Gasteiger partial charge is 0.295 e. The molecule has 36 heavy (non-hydrogen) atoms. The number of amides is 1. The highest BCUT2D eigenvalue weighted by atomic mass is 35.5. The van der Waals surface area contributed by atoms with Crippen LogP contribution in [0.2, 0.25) is 10.0 Å². The van der Waals surface area contributed by atoms with Crippen molar-refractivity contribution in [1.82, 2.24) is 9.80 Å². The van der Waals surface area contributed by atoms with Crippen molar-refractivity contribution in [1.29, 1.82) is 0 Å². The van der Waals surface area contributed by atoms with Crippen molar-refractivity contribution in [2.75, 3.05) is 52.6 Å². The molecular formula is C26H26Cl2N2O6. The molecule has 3 heterocycles. The van der Waals surface area contributed by atoms with Gasteiger partial charge in [0.05, 0.1) is 34.9 Å². The van der Waals surface area contributed by atoms with Crippen molar-refractivity contribution in [3.05, 3.63) is 63.1 Å². The van der Waals surface area contributed by atoms with E-state index < -0.39 is 17.7 Å². The van der Waals surface area contributed by atoms with Gasteiger partial charge in [-0.3, -0.25) is 14.5 Å². The topological polar surface area (TPSA) is 88.5 Å². The molecular weight excluding hydrogens is 507 g/mol. The van der Waals surface area contributed by atoms with Gasteiger partial charge in [0.2, 0.25) is 0 Å². The van der Waals surface area contributed by atoms with Crippen molar-refractivity contribution in [2.24, 2.45) is 0 Å². The number of hydrogen-bond acceptors (Lipinski definition) is 7. The summed E-state index contributed by atoms with van der Waals surface area (Å²) in [6.45, 7) is 4.96. The van der Waals surface area contributed by atoms with Crippen LogP contribution >= 0.6 is 23.2 Å². The summed E-state index contributed by atoms with van der Waals surface area (Å²) in [6.07, 6.45) is 0.662. The van der Waals surface area contributed by atoms with Gasteiger partial charge >= 0.3 is 0 Å². The molecule has 0 radical (unpaired) electrons. The van der Waals surface area contributed by atoms with E-state index in [0.29, 0.717) is 72.1 Å². The molecule has 1 amide bonds. The zero-order chi connectivity index (χ0) is 25.2. The first-order chi connectivity index (χ1) is 17.4. The Kier molecular flexibility index (Phi) is 7.39. The molecule has 3 aliphatic rings. The summed E-state index contributed by atoms with van der Waals surface area (Å²) >= 11 is 12.4. The lowest BCUT2D eigenvalue weighted by Gasteiger charge is -2.29. The Balaban J connectivity index is 1.50. The third-order valence-corrected chi connectivity index (χ3v) is 7.33. The molecule has 3 aliphatic heterocycles.